The molecule has 1 heterocycles. The summed E-state index contributed by atoms with van der Waals surface area (Å²) in [6.07, 6.45) is 3.24. The Kier molecular flexibility index (Phi) is 6.82. The summed E-state index contributed by atoms with van der Waals surface area (Å²) in [5, 5.41) is 6.02. The fourth-order valence-corrected chi connectivity index (χ4v) is 3.11. The fourth-order valence-electron chi connectivity index (χ4n) is 3.11. The van der Waals surface area contributed by atoms with Crippen LogP contribution in [0.4, 0.5) is 10.5 Å². The Bertz CT molecular complexity index is 607. The van der Waals surface area contributed by atoms with Crippen LogP contribution in [0.15, 0.2) is 18.2 Å². The number of nitrogens with zero attached hydrogens (tertiary/aromatic N) is 2. The van der Waals surface area contributed by atoms with E-state index < -0.39 is 0 Å². The molecule has 1 aromatic carbocycles. The number of amides is 3. The van der Waals surface area contributed by atoms with Gasteiger partial charge in [0.05, 0.1) is 11.3 Å². The first-order valence-corrected chi connectivity index (χ1v) is 8.95. The van der Waals surface area contributed by atoms with Crippen molar-refractivity contribution >= 4 is 17.6 Å². The third-order valence-corrected chi connectivity index (χ3v) is 4.76. The van der Waals surface area contributed by atoms with Gasteiger partial charge in [0.1, 0.15) is 0 Å². The second-order valence-electron chi connectivity index (χ2n) is 7.00. The molecule has 1 aliphatic rings. The van der Waals surface area contributed by atoms with Crippen molar-refractivity contribution in [1.82, 2.24) is 15.1 Å². The smallest absolute Gasteiger partial charge is 0.321 e. The molecule has 6 heteroatoms. The maximum Gasteiger partial charge on any atom is 0.321 e. The Morgan fingerprint density at radius 3 is 2.52 bits per heavy atom. The first-order valence-electron chi connectivity index (χ1n) is 8.95. The van der Waals surface area contributed by atoms with Crippen LogP contribution in [-0.4, -0.2) is 62.5 Å². The summed E-state index contributed by atoms with van der Waals surface area (Å²) >= 11 is 0. The molecule has 0 saturated carbocycles. The molecular weight excluding hydrogens is 316 g/mol. The van der Waals surface area contributed by atoms with Crippen LogP contribution < -0.4 is 10.6 Å². The molecule has 1 fully saturated rings. The van der Waals surface area contributed by atoms with Gasteiger partial charge in [-0.05, 0) is 57.8 Å². The van der Waals surface area contributed by atoms with Gasteiger partial charge in [0.2, 0.25) is 0 Å². The number of piperidine rings is 1. The van der Waals surface area contributed by atoms with E-state index in [2.05, 4.69) is 10.6 Å². The van der Waals surface area contributed by atoms with Gasteiger partial charge in [-0.3, -0.25) is 4.79 Å². The molecule has 3 amide bonds. The first-order chi connectivity index (χ1) is 11.9. The molecule has 0 atom stereocenters. The predicted octanol–water partition coefficient (Wildman–Crippen LogP) is 2.55. The zero-order valence-electron chi connectivity index (χ0n) is 15.8. The van der Waals surface area contributed by atoms with Crippen LogP contribution in [-0.2, 0) is 0 Å². The highest BCUT2D eigenvalue weighted by Crippen LogP contribution is 2.25. The maximum atomic E-state index is 13.0. The van der Waals surface area contributed by atoms with Gasteiger partial charge in [0.25, 0.3) is 5.91 Å². The lowest BCUT2D eigenvalue weighted by atomic mass is 9.93. The Labute approximate surface area is 150 Å². The number of nitrogens with one attached hydrogen (secondary N) is 2. The van der Waals surface area contributed by atoms with Crippen molar-refractivity contribution in [2.45, 2.75) is 26.2 Å². The highest BCUT2D eigenvalue weighted by molar-refractivity contribution is 6.03. The second-order valence-corrected chi connectivity index (χ2v) is 7.00. The van der Waals surface area contributed by atoms with Gasteiger partial charge in [-0.1, -0.05) is 11.6 Å². The summed E-state index contributed by atoms with van der Waals surface area (Å²) in [5.41, 5.74) is 2.16. The molecule has 2 N–H and O–H groups in total. The predicted molar refractivity (Wildman–Crippen MR) is 101 cm³/mol. The Balaban J connectivity index is 2.08. The Hall–Kier alpha value is -2.08. The molecule has 0 aromatic heterocycles. The number of hydrogen-bond donors (Lipinski definition) is 2. The molecule has 1 saturated heterocycles. The van der Waals surface area contributed by atoms with Crippen LogP contribution in [0.2, 0.25) is 0 Å². The van der Waals surface area contributed by atoms with Gasteiger partial charge in [-0.2, -0.15) is 0 Å². The molecule has 1 aromatic rings. The summed E-state index contributed by atoms with van der Waals surface area (Å²) in [4.78, 5) is 28.3. The van der Waals surface area contributed by atoms with E-state index in [9.17, 15) is 9.59 Å². The number of hydrogen-bond acceptors (Lipinski definition) is 3. The summed E-state index contributed by atoms with van der Waals surface area (Å²) in [5.74, 6) is 0.687. The lowest BCUT2D eigenvalue weighted by Gasteiger charge is -2.32. The molecular formula is C19H30N4O2. The lowest BCUT2D eigenvalue weighted by Crippen LogP contribution is -2.39. The van der Waals surface area contributed by atoms with E-state index in [1.807, 2.05) is 37.1 Å². The minimum absolute atomic E-state index is 0.00447. The van der Waals surface area contributed by atoms with Crippen LogP contribution in [0.5, 0.6) is 0 Å². The average Bonchev–Trinajstić information content (AvgIpc) is 2.61. The van der Waals surface area contributed by atoms with Gasteiger partial charge < -0.3 is 20.4 Å². The number of anilines is 1. The van der Waals surface area contributed by atoms with E-state index in [0.717, 1.165) is 44.5 Å². The fraction of sp³-hybridized carbons (Fsp3) is 0.579. The van der Waals surface area contributed by atoms with Crippen molar-refractivity contribution in [2.24, 2.45) is 5.92 Å². The Morgan fingerprint density at radius 1 is 1.24 bits per heavy atom. The van der Waals surface area contributed by atoms with Crippen LogP contribution in [0.3, 0.4) is 0 Å². The third kappa shape index (κ3) is 5.19. The van der Waals surface area contributed by atoms with Crippen LogP contribution >= 0.6 is 0 Å². The number of urea groups is 1. The minimum Gasteiger partial charge on any atom is -0.339 e. The Morgan fingerprint density at radius 2 is 1.92 bits per heavy atom. The second kappa shape index (κ2) is 8.85. The van der Waals surface area contributed by atoms with E-state index in [1.54, 1.807) is 14.1 Å². The highest BCUT2D eigenvalue weighted by Gasteiger charge is 2.25. The molecule has 0 aliphatic carbocycles. The molecule has 0 bridgehead atoms. The molecule has 0 radical (unpaired) electrons. The van der Waals surface area contributed by atoms with Crippen LogP contribution in [0.25, 0.3) is 0 Å². The third-order valence-electron chi connectivity index (χ3n) is 4.76. The van der Waals surface area contributed by atoms with Gasteiger partial charge in [-0.15, -0.1) is 0 Å². The van der Waals surface area contributed by atoms with E-state index in [0.29, 0.717) is 17.2 Å². The minimum atomic E-state index is -0.233. The monoisotopic (exact) mass is 346 g/mol. The zero-order chi connectivity index (χ0) is 18.4. The van der Waals surface area contributed by atoms with Crippen molar-refractivity contribution in [3.63, 3.8) is 0 Å². The van der Waals surface area contributed by atoms with Crippen LogP contribution in [0.1, 0.15) is 35.2 Å². The van der Waals surface area contributed by atoms with E-state index in [4.69, 9.17) is 0 Å². The normalized spacial score (nSPS) is 15.1. The molecule has 6 nitrogen and oxygen atoms in total. The van der Waals surface area contributed by atoms with E-state index in [1.165, 1.54) is 4.90 Å². The number of likely N-dealkylation sites (tertiary alicyclic amines) is 1. The first kappa shape index (κ1) is 19.2. The maximum absolute atomic E-state index is 13.0. The zero-order valence-corrected chi connectivity index (χ0v) is 15.8. The lowest BCUT2D eigenvalue weighted by molar-refractivity contribution is 0.0688. The molecule has 1 aliphatic heterocycles. The SMILES string of the molecule is CNCCC1CCN(C(=O)c2cc(C)ccc2NC(=O)N(C)C)CC1. The summed E-state index contributed by atoms with van der Waals surface area (Å²) < 4.78 is 0. The number of carbonyl (C=O) groups excluding carboxylic acids is 2. The standard InChI is InChI=1S/C19H30N4O2/c1-14-5-6-17(21-19(25)22(3)4)16(13-14)18(24)23-11-8-15(9-12-23)7-10-20-2/h5-6,13,15,20H,7-12H2,1-4H3,(H,21,25). The molecule has 0 unspecified atom stereocenters. The van der Waals surface area contributed by atoms with Crippen molar-refractivity contribution in [1.29, 1.82) is 0 Å². The van der Waals surface area contributed by atoms with E-state index >= 15 is 0 Å². The topological polar surface area (TPSA) is 64.7 Å². The van der Waals surface area contributed by atoms with Crippen molar-refractivity contribution in [3.8, 4) is 0 Å². The number of benzene rings is 1. The van der Waals surface area contributed by atoms with E-state index in [-0.39, 0.29) is 11.9 Å². The van der Waals surface area contributed by atoms with Crippen molar-refractivity contribution < 1.29 is 9.59 Å². The van der Waals surface area contributed by atoms with Crippen molar-refractivity contribution in [3.05, 3.63) is 29.3 Å². The van der Waals surface area contributed by atoms with Gasteiger partial charge >= 0.3 is 6.03 Å². The van der Waals surface area contributed by atoms with Gasteiger partial charge in [-0.25, -0.2) is 4.79 Å². The number of aryl methyl sites for hydroxylation is 1. The number of carbonyl (C=O) groups is 2. The van der Waals surface area contributed by atoms with Crippen molar-refractivity contribution in [2.75, 3.05) is 46.1 Å². The molecule has 0 spiro atoms. The number of rotatable bonds is 5. The highest BCUT2D eigenvalue weighted by atomic mass is 16.2. The van der Waals surface area contributed by atoms with Crippen LogP contribution in [0, 0.1) is 12.8 Å². The summed E-state index contributed by atoms with van der Waals surface area (Å²) in [6, 6.07) is 5.35. The summed E-state index contributed by atoms with van der Waals surface area (Å²) in [7, 11) is 5.34. The quantitative estimate of drug-likeness (QED) is 0.861. The van der Waals surface area contributed by atoms with Gasteiger partial charge in [0, 0.05) is 27.2 Å². The molecule has 138 valence electrons. The van der Waals surface area contributed by atoms with Gasteiger partial charge in [0.15, 0.2) is 0 Å². The largest absolute Gasteiger partial charge is 0.339 e. The average molecular weight is 346 g/mol. The molecule has 25 heavy (non-hydrogen) atoms. The molecule has 2 rings (SSSR count). The summed E-state index contributed by atoms with van der Waals surface area (Å²) in [6.45, 7) is 4.54.